The van der Waals surface area contributed by atoms with Gasteiger partial charge in [-0.25, -0.2) is 8.42 Å². The second-order valence-corrected chi connectivity index (χ2v) is 7.86. The van der Waals surface area contributed by atoms with E-state index in [1.54, 1.807) is 24.0 Å². The van der Waals surface area contributed by atoms with Gasteiger partial charge in [-0.05, 0) is 12.1 Å². The van der Waals surface area contributed by atoms with E-state index < -0.39 is 15.2 Å². The number of pyridine rings is 1. The Balaban J connectivity index is 2.15. The molecule has 1 aromatic heterocycles. The molecule has 0 bridgehead atoms. The van der Waals surface area contributed by atoms with Crippen LogP contribution in [0.1, 0.15) is 5.69 Å². The molecule has 0 saturated carbocycles. The molecule has 1 aliphatic heterocycles. The third-order valence-corrected chi connectivity index (χ3v) is 5.72. The summed E-state index contributed by atoms with van der Waals surface area (Å²) in [5.74, 6) is 6.92. The largest absolute Gasteiger partial charge is 0.324 e. The summed E-state index contributed by atoms with van der Waals surface area (Å²) >= 11 is 1.68. The Labute approximate surface area is 117 Å². The van der Waals surface area contributed by atoms with E-state index >= 15 is 0 Å². The number of nitrogen functional groups attached to an aromatic ring is 1. The molecule has 8 heteroatoms. The van der Waals surface area contributed by atoms with Crippen LogP contribution in [-0.4, -0.2) is 48.0 Å². The second-order valence-electron chi connectivity index (χ2n) is 4.51. The molecule has 2 heterocycles. The summed E-state index contributed by atoms with van der Waals surface area (Å²) in [5, 5.41) is -0.428. The van der Waals surface area contributed by atoms with Crippen LogP contribution in [0.2, 0.25) is 0 Å². The lowest BCUT2D eigenvalue weighted by Crippen LogP contribution is -2.46. The lowest BCUT2D eigenvalue weighted by Gasteiger charge is -2.33. The van der Waals surface area contributed by atoms with Gasteiger partial charge in [0.2, 0.25) is 0 Å². The minimum Gasteiger partial charge on any atom is -0.324 e. The van der Waals surface area contributed by atoms with Crippen LogP contribution in [0.3, 0.4) is 0 Å². The number of rotatable bonds is 4. The predicted molar refractivity (Wildman–Crippen MR) is 78.4 cm³/mol. The van der Waals surface area contributed by atoms with Crippen molar-refractivity contribution in [2.45, 2.75) is 11.9 Å². The number of hydrogen-bond donors (Lipinski definition) is 2. The lowest BCUT2D eigenvalue weighted by atomic mass is 10.3. The van der Waals surface area contributed by atoms with Crippen LogP contribution in [0.5, 0.6) is 0 Å². The minimum absolute atomic E-state index is 0.428. The molecule has 1 aromatic rings. The predicted octanol–water partition coefficient (Wildman–Crippen LogP) is 0.287. The van der Waals surface area contributed by atoms with Gasteiger partial charge in [-0.1, -0.05) is 0 Å². The van der Waals surface area contributed by atoms with E-state index in [0.717, 1.165) is 23.7 Å². The van der Waals surface area contributed by atoms with Crippen LogP contribution in [-0.2, 0) is 16.4 Å². The standard InChI is InChI=1S/C11H18N4O2S2/c1-19(16,17)11-8-18-5-4-15(11)7-10-6-9(14-12)2-3-13-10/h2-3,6,11H,4-5,7-8,12H2,1H3,(H,13,14). The van der Waals surface area contributed by atoms with E-state index in [0.29, 0.717) is 12.3 Å². The molecule has 0 aliphatic carbocycles. The first-order valence-corrected chi connectivity index (χ1v) is 9.04. The molecule has 2 rings (SSSR count). The van der Waals surface area contributed by atoms with Gasteiger partial charge in [-0.3, -0.25) is 15.7 Å². The van der Waals surface area contributed by atoms with Gasteiger partial charge in [0.25, 0.3) is 0 Å². The molecule has 0 aromatic carbocycles. The van der Waals surface area contributed by atoms with Crippen molar-refractivity contribution in [2.75, 3.05) is 29.7 Å². The molecule has 0 amide bonds. The lowest BCUT2D eigenvalue weighted by molar-refractivity contribution is 0.259. The van der Waals surface area contributed by atoms with Crippen molar-refractivity contribution in [1.29, 1.82) is 0 Å². The molecule has 1 aliphatic rings. The van der Waals surface area contributed by atoms with Crippen LogP contribution in [0.25, 0.3) is 0 Å². The molecular formula is C11H18N4O2S2. The van der Waals surface area contributed by atoms with Gasteiger partial charge >= 0.3 is 0 Å². The van der Waals surface area contributed by atoms with Gasteiger partial charge in [0, 0.05) is 37.0 Å². The number of nitrogens with zero attached hydrogens (tertiary/aromatic N) is 2. The summed E-state index contributed by atoms with van der Waals surface area (Å²) < 4.78 is 23.6. The zero-order chi connectivity index (χ0) is 13.9. The van der Waals surface area contributed by atoms with Gasteiger partial charge in [0.1, 0.15) is 5.37 Å². The van der Waals surface area contributed by atoms with Crippen LogP contribution >= 0.6 is 11.8 Å². The summed E-state index contributed by atoms with van der Waals surface area (Å²) in [6.07, 6.45) is 2.96. The third kappa shape index (κ3) is 3.82. The van der Waals surface area contributed by atoms with E-state index in [1.165, 1.54) is 6.26 Å². The van der Waals surface area contributed by atoms with Gasteiger partial charge < -0.3 is 5.43 Å². The molecule has 1 unspecified atom stereocenters. The molecule has 106 valence electrons. The van der Waals surface area contributed by atoms with Gasteiger partial charge in [0.05, 0.1) is 11.4 Å². The Bertz CT molecular complexity index is 535. The van der Waals surface area contributed by atoms with Crippen molar-refractivity contribution < 1.29 is 8.42 Å². The maximum atomic E-state index is 11.8. The number of sulfone groups is 1. The highest BCUT2D eigenvalue weighted by Gasteiger charge is 2.31. The van der Waals surface area contributed by atoms with Crippen molar-refractivity contribution in [2.24, 2.45) is 5.84 Å². The first-order chi connectivity index (χ1) is 9.00. The molecule has 0 radical (unpaired) electrons. The van der Waals surface area contributed by atoms with Crippen molar-refractivity contribution >= 4 is 27.3 Å². The van der Waals surface area contributed by atoms with Crippen LogP contribution in [0.15, 0.2) is 18.3 Å². The minimum atomic E-state index is -3.07. The summed E-state index contributed by atoms with van der Waals surface area (Å²) in [7, 11) is -3.07. The first-order valence-electron chi connectivity index (χ1n) is 5.93. The van der Waals surface area contributed by atoms with Crippen LogP contribution < -0.4 is 11.3 Å². The quantitative estimate of drug-likeness (QED) is 0.610. The molecule has 19 heavy (non-hydrogen) atoms. The molecule has 0 spiro atoms. The highest BCUT2D eigenvalue weighted by molar-refractivity contribution is 8.00. The summed E-state index contributed by atoms with van der Waals surface area (Å²) in [4.78, 5) is 6.23. The number of hydrogen-bond acceptors (Lipinski definition) is 7. The Morgan fingerprint density at radius 2 is 2.42 bits per heavy atom. The third-order valence-electron chi connectivity index (χ3n) is 3.03. The SMILES string of the molecule is CS(=O)(=O)C1CSCCN1Cc1cc(NN)ccn1. The van der Waals surface area contributed by atoms with E-state index in [9.17, 15) is 8.42 Å². The van der Waals surface area contributed by atoms with E-state index in [-0.39, 0.29) is 0 Å². The number of nitrogens with one attached hydrogen (secondary N) is 1. The summed E-state index contributed by atoms with van der Waals surface area (Å²) in [5.41, 5.74) is 4.15. The Kier molecular flexibility index (Phi) is 4.67. The van der Waals surface area contributed by atoms with Gasteiger partial charge in [-0.15, -0.1) is 0 Å². The zero-order valence-corrected chi connectivity index (χ0v) is 12.4. The fourth-order valence-corrected chi connectivity index (χ4v) is 4.99. The van der Waals surface area contributed by atoms with E-state index in [4.69, 9.17) is 5.84 Å². The highest BCUT2D eigenvalue weighted by Crippen LogP contribution is 2.22. The smallest absolute Gasteiger partial charge is 0.164 e. The molecule has 1 saturated heterocycles. The normalized spacial score (nSPS) is 21.3. The topological polar surface area (TPSA) is 88.3 Å². The number of thioether (sulfide) groups is 1. The van der Waals surface area contributed by atoms with Crippen LogP contribution in [0.4, 0.5) is 5.69 Å². The average molecular weight is 302 g/mol. The summed E-state index contributed by atoms with van der Waals surface area (Å²) in [6, 6.07) is 3.60. The maximum absolute atomic E-state index is 11.8. The first kappa shape index (κ1) is 14.6. The van der Waals surface area contributed by atoms with E-state index in [2.05, 4.69) is 10.4 Å². The Morgan fingerprint density at radius 1 is 1.63 bits per heavy atom. The number of aromatic nitrogens is 1. The number of anilines is 1. The molecule has 3 N–H and O–H groups in total. The monoisotopic (exact) mass is 302 g/mol. The van der Waals surface area contributed by atoms with E-state index in [1.807, 2.05) is 11.0 Å². The Morgan fingerprint density at radius 3 is 3.11 bits per heavy atom. The van der Waals surface area contributed by atoms with Crippen molar-refractivity contribution in [1.82, 2.24) is 9.88 Å². The number of hydrazine groups is 1. The van der Waals surface area contributed by atoms with Crippen molar-refractivity contribution in [3.8, 4) is 0 Å². The summed E-state index contributed by atoms with van der Waals surface area (Å²) in [6.45, 7) is 1.28. The van der Waals surface area contributed by atoms with Gasteiger partial charge in [0.15, 0.2) is 9.84 Å². The second kappa shape index (κ2) is 6.08. The molecule has 6 nitrogen and oxygen atoms in total. The fourth-order valence-electron chi connectivity index (χ4n) is 2.05. The molecule has 1 atom stereocenters. The van der Waals surface area contributed by atoms with Crippen LogP contribution in [0, 0.1) is 0 Å². The molecule has 1 fully saturated rings. The fraction of sp³-hybridized carbons (Fsp3) is 0.545. The maximum Gasteiger partial charge on any atom is 0.164 e. The number of nitrogens with two attached hydrogens (primary N) is 1. The van der Waals surface area contributed by atoms with Crippen molar-refractivity contribution in [3.05, 3.63) is 24.0 Å². The molecular weight excluding hydrogens is 284 g/mol. The highest BCUT2D eigenvalue weighted by atomic mass is 32.2. The average Bonchev–Trinajstić information content (AvgIpc) is 2.38. The van der Waals surface area contributed by atoms with Crippen molar-refractivity contribution in [3.63, 3.8) is 0 Å². The zero-order valence-electron chi connectivity index (χ0n) is 10.7. The Hall–Kier alpha value is -0.830. The van der Waals surface area contributed by atoms with Gasteiger partial charge in [-0.2, -0.15) is 11.8 Å².